The van der Waals surface area contributed by atoms with E-state index in [9.17, 15) is 4.79 Å². The van der Waals surface area contributed by atoms with Gasteiger partial charge in [-0.05, 0) is 12.5 Å². The number of benzene rings is 1. The molecule has 1 fully saturated rings. The fourth-order valence-corrected chi connectivity index (χ4v) is 4.15. The first-order chi connectivity index (χ1) is 10.2. The van der Waals surface area contributed by atoms with Crippen molar-refractivity contribution in [1.29, 1.82) is 0 Å². The highest BCUT2D eigenvalue weighted by Gasteiger charge is 2.34. The van der Waals surface area contributed by atoms with Crippen LogP contribution in [0.1, 0.15) is 30.9 Å². The van der Waals surface area contributed by atoms with E-state index in [1.165, 1.54) is 16.8 Å². The van der Waals surface area contributed by atoms with Gasteiger partial charge in [0.1, 0.15) is 6.04 Å². The Bertz CT molecular complexity index is 570. The van der Waals surface area contributed by atoms with Gasteiger partial charge in [-0.2, -0.15) is 11.8 Å². The van der Waals surface area contributed by atoms with Crippen molar-refractivity contribution in [3.05, 3.63) is 41.5 Å². The first-order valence-corrected chi connectivity index (χ1v) is 8.70. The van der Waals surface area contributed by atoms with Crippen molar-refractivity contribution in [2.24, 2.45) is 0 Å². The Labute approximate surface area is 130 Å². The summed E-state index contributed by atoms with van der Waals surface area (Å²) in [6.07, 6.45) is 2.28. The van der Waals surface area contributed by atoms with Crippen molar-refractivity contribution >= 4 is 23.4 Å². The standard InChI is InChI=1S/C17H21NO2S/c1-3-20-17(19)16-11-21-9-8-18(16)15-10-12(2)13-6-4-5-7-14(13)15/h4-7,10,12,16H,3,8-9,11H2,1-2H3/t12-,16?/m0/s1. The van der Waals surface area contributed by atoms with Crippen molar-refractivity contribution in [3.63, 3.8) is 0 Å². The minimum absolute atomic E-state index is 0.0948. The molecule has 1 aliphatic carbocycles. The lowest BCUT2D eigenvalue weighted by atomic mass is 10.0. The molecule has 1 aliphatic heterocycles. The summed E-state index contributed by atoms with van der Waals surface area (Å²) in [4.78, 5) is 14.5. The summed E-state index contributed by atoms with van der Waals surface area (Å²) in [7, 11) is 0. The maximum absolute atomic E-state index is 12.3. The Balaban J connectivity index is 1.91. The number of thioether (sulfide) groups is 1. The zero-order chi connectivity index (χ0) is 14.8. The van der Waals surface area contributed by atoms with Gasteiger partial charge in [-0.1, -0.05) is 37.3 Å². The molecule has 0 radical (unpaired) electrons. The monoisotopic (exact) mass is 303 g/mol. The summed E-state index contributed by atoms with van der Waals surface area (Å²) in [6.45, 7) is 5.43. The molecular weight excluding hydrogens is 282 g/mol. The Morgan fingerprint density at radius 1 is 1.43 bits per heavy atom. The molecule has 3 nitrogen and oxygen atoms in total. The molecule has 0 N–H and O–H groups in total. The SMILES string of the molecule is CCOC(=O)C1CSCCN1C1=C[C@H](C)c2ccccc21. The van der Waals surface area contributed by atoms with Crippen LogP contribution in [-0.2, 0) is 9.53 Å². The van der Waals surface area contributed by atoms with Gasteiger partial charge in [-0.15, -0.1) is 0 Å². The number of nitrogens with zero attached hydrogens (tertiary/aromatic N) is 1. The molecule has 1 heterocycles. The quantitative estimate of drug-likeness (QED) is 0.803. The maximum atomic E-state index is 12.3. The maximum Gasteiger partial charge on any atom is 0.329 e. The van der Waals surface area contributed by atoms with Gasteiger partial charge in [-0.3, -0.25) is 0 Å². The number of hydrogen-bond donors (Lipinski definition) is 0. The van der Waals surface area contributed by atoms with Crippen molar-refractivity contribution in [1.82, 2.24) is 4.90 Å². The van der Waals surface area contributed by atoms with Gasteiger partial charge >= 0.3 is 5.97 Å². The zero-order valence-corrected chi connectivity index (χ0v) is 13.4. The van der Waals surface area contributed by atoms with E-state index in [2.05, 4.69) is 42.2 Å². The molecule has 3 rings (SSSR count). The molecule has 1 unspecified atom stereocenters. The Hall–Kier alpha value is -1.42. The zero-order valence-electron chi connectivity index (χ0n) is 12.5. The van der Waals surface area contributed by atoms with Crippen LogP contribution in [0.5, 0.6) is 0 Å². The van der Waals surface area contributed by atoms with Gasteiger partial charge in [0.05, 0.1) is 6.61 Å². The fraction of sp³-hybridized carbons (Fsp3) is 0.471. The van der Waals surface area contributed by atoms with Gasteiger partial charge < -0.3 is 9.64 Å². The van der Waals surface area contributed by atoms with E-state index >= 15 is 0 Å². The Morgan fingerprint density at radius 2 is 2.24 bits per heavy atom. The summed E-state index contributed by atoms with van der Waals surface area (Å²) < 4.78 is 5.26. The summed E-state index contributed by atoms with van der Waals surface area (Å²) in [5.41, 5.74) is 3.83. The second-order valence-corrected chi connectivity index (χ2v) is 6.61. The van der Waals surface area contributed by atoms with Crippen molar-refractivity contribution in [2.45, 2.75) is 25.8 Å². The van der Waals surface area contributed by atoms with Crippen LogP contribution in [0.25, 0.3) is 5.70 Å². The van der Waals surface area contributed by atoms with Crippen LogP contribution in [0.2, 0.25) is 0 Å². The lowest BCUT2D eigenvalue weighted by Crippen LogP contribution is -2.46. The summed E-state index contributed by atoms with van der Waals surface area (Å²) >= 11 is 1.83. The van der Waals surface area contributed by atoms with Crippen molar-refractivity contribution in [3.8, 4) is 0 Å². The highest BCUT2D eigenvalue weighted by atomic mass is 32.2. The van der Waals surface area contributed by atoms with Crippen molar-refractivity contribution in [2.75, 3.05) is 24.7 Å². The second kappa shape index (κ2) is 6.14. The van der Waals surface area contributed by atoms with Gasteiger partial charge in [0.15, 0.2) is 0 Å². The van der Waals surface area contributed by atoms with Crippen LogP contribution in [0.4, 0.5) is 0 Å². The smallest absolute Gasteiger partial charge is 0.329 e. The predicted molar refractivity (Wildman–Crippen MR) is 87.3 cm³/mol. The van der Waals surface area contributed by atoms with Gasteiger partial charge in [0.2, 0.25) is 0 Å². The molecule has 1 aromatic rings. The molecule has 0 amide bonds. The largest absolute Gasteiger partial charge is 0.464 e. The summed E-state index contributed by atoms with van der Waals surface area (Å²) in [6, 6.07) is 8.34. The lowest BCUT2D eigenvalue weighted by Gasteiger charge is -2.36. The van der Waals surface area contributed by atoms with E-state index in [0.29, 0.717) is 12.5 Å². The number of rotatable bonds is 3. The summed E-state index contributed by atoms with van der Waals surface area (Å²) in [5, 5.41) is 0. The third kappa shape index (κ3) is 2.69. The highest BCUT2D eigenvalue weighted by molar-refractivity contribution is 7.99. The number of fused-ring (bicyclic) bond motifs is 1. The number of ether oxygens (including phenoxy) is 1. The minimum atomic E-state index is -0.159. The molecular formula is C17H21NO2S. The van der Waals surface area contributed by atoms with Crippen molar-refractivity contribution < 1.29 is 9.53 Å². The van der Waals surface area contributed by atoms with E-state index < -0.39 is 0 Å². The van der Waals surface area contributed by atoms with Crippen LogP contribution in [0, 0.1) is 0 Å². The molecule has 0 aromatic heterocycles. The molecule has 0 saturated carbocycles. The van der Waals surface area contributed by atoms with E-state index in [-0.39, 0.29) is 12.0 Å². The molecule has 2 aliphatic rings. The fourth-order valence-electron chi connectivity index (χ4n) is 3.12. The minimum Gasteiger partial charge on any atom is -0.464 e. The van der Waals surface area contributed by atoms with E-state index in [1.54, 1.807) is 0 Å². The first kappa shape index (κ1) is 14.5. The number of allylic oxidation sites excluding steroid dienone is 1. The van der Waals surface area contributed by atoms with Crippen LogP contribution < -0.4 is 0 Å². The number of carbonyl (C=O) groups excluding carboxylic acids is 1. The number of hydrogen-bond acceptors (Lipinski definition) is 4. The van der Waals surface area contributed by atoms with Gasteiger partial charge in [0.25, 0.3) is 0 Å². The normalized spacial score (nSPS) is 24.5. The Morgan fingerprint density at radius 3 is 3.05 bits per heavy atom. The van der Waals surface area contributed by atoms with Crippen LogP contribution in [0.3, 0.4) is 0 Å². The average molecular weight is 303 g/mol. The molecule has 2 atom stereocenters. The molecule has 1 saturated heterocycles. The van der Waals surface area contributed by atoms with Gasteiger partial charge in [0, 0.05) is 35.2 Å². The van der Waals surface area contributed by atoms with Crippen LogP contribution in [0.15, 0.2) is 30.3 Å². The van der Waals surface area contributed by atoms with E-state index in [0.717, 1.165) is 18.1 Å². The third-order valence-electron chi connectivity index (χ3n) is 4.13. The van der Waals surface area contributed by atoms with Crippen LogP contribution >= 0.6 is 11.8 Å². The molecule has 112 valence electrons. The topological polar surface area (TPSA) is 29.5 Å². The molecule has 21 heavy (non-hydrogen) atoms. The Kier molecular flexibility index (Phi) is 4.24. The molecule has 0 spiro atoms. The number of carbonyl (C=O) groups is 1. The van der Waals surface area contributed by atoms with Gasteiger partial charge in [-0.25, -0.2) is 4.79 Å². The average Bonchev–Trinajstić information content (AvgIpc) is 2.85. The highest BCUT2D eigenvalue weighted by Crippen LogP contribution is 2.39. The molecule has 0 bridgehead atoms. The lowest BCUT2D eigenvalue weighted by molar-refractivity contribution is -0.147. The molecule has 4 heteroatoms. The third-order valence-corrected chi connectivity index (χ3v) is 5.15. The first-order valence-electron chi connectivity index (χ1n) is 7.54. The van der Waals surface area contributed by atoms with Crippen LogP contribution in [-0.4, -0.2) is 41.6 Å². The molecule has 1 aromatic carbocycles. The summed E-state index contributed by atoms with van der Waals surface area (Å²) in [5.74, 6) is 2.19. The predicted octanol–water partition coefficient (Wildman–Crippen LogP) is 3.13. The number of esters is 1. The second-order valence-electron chi connectivity index (χ2n) is 5.46. The van der Waals surface area contributed by atoms with E-state index in [1.807, 2.05) is 18.7 Å². The van der Waals surface area contributed by atoms with E-state index in [4.69, 9.17) is 4.74 Å².